The highest BCUT2D eigenvalue weighted by molar-refractivity contribution is 5.86. The Labute approximate surface area is 70.5 Å². The van der Waals surface area contributed by atoms with Crippen LogP contribution in [-0.4, -0.2) is 12.6 Å². The van der Waals surface area contributed by atoms with Crippen LogP contribution in [0.25, 0.3) is 0 Å². The molecule has 0 aromatic heterocycles. The van der Waals surface area contributed by atoms with Crippen molar-refractivity contribution in [2.45, 2.75) is 0 Å². The molecule has 2 aliphatic rings. The first-order valence-corrected chi connectivity index (χ1v) is 3.79. The summed E-state index contributed by atoms with van der Waals surface area (Å²) in [5.74, 6) is -0.256. The number of esters is 1. The van der Waals surface area contributed by atoms with Crippen molar-refractivity contribution in [3.63, 3.8) is 0 Å². The lowest BCUT2D eigenvalue weighted by molar-refractivity contribution is -0.137. The Balaban J connectivity index is 2.43. The summed E-state index contributed by atoms with van der Waals surface area (Å²) in [7, 11) is 0. The molecular weight excluding hydrogens is 152 g/mol. The van der Waals surface area contributed by atoms with Crippen LogP contribution < -0.4 is 0 Å². The number of ether oxygens (including phenoxy) is 1. The maximum Gasteiger partial charge on any atom is 0.331 e. The molecule has 2 nitrogen and oxygen atoms in total. The van der Waals surface area contributed by atoms with E-state index in [1.165, 1.54) is 6.08 Å². The molecule has 60 valence electrons. The molecule has 2 heteroatoms. The Bertz CT molecular complexity index is 330. The zero-order chi connectivity index (χ0) is 8.39. The summed E-state index contributed by atoms with van der Waals surface area (Å²) in [4.78, 5) is 10.9. The number of hydrogen-bond acceptors (Lipinski definition) is 2. The molecule has 0 radical (unpaired) electrons. The van der Waals surface area contributed by atoms with E-state index >= 15 is 0 Å². The van der Waals surface area contributed by atoms with Crippen molar-refractivity contribution >= 4 is 5.97 Å². The first kappa shape index (κ1) is 7.10. The molecular formula is C10H8O2. The Morgan fingerprint density at radius 3 is 3.08 bits per heavy atom. The van der Waals surface area contributed by atoms with Gasteiger partial charge in [0.2, 0.25) is 0 Å². The highest BCUT2D eigenvalue weighted by Crippen LogP contribution is 2.19. The van der Waals surface area contributed by atoms with Crippen molar-refractivity contribution in [3.05, 3.63) is 47.6 Å². The van der Waals surface area contributed by atoms with Crippen molar-refractivity contribution in [2.75, 3.05) is 6.61 Å². The molecule has 0 spiro atoms. The van der Waals surface area contributed by atoms with Gasteiger partial charge in [0.15, 0.2) is 0 Å². The number of cyclic esters (lactones) is 1. The second kappa shape index (κ2) is 2.81. The first-order chi connectivity index (χ1) is 5.86. The fraction of sp³-hybridized carbons (Fsp3) is 0.100. The Morgan fingerprint density at radius 1 is 1.25 bits per heavy atom. The van der Waals surface area contributed by atoms with Crippen molar-refractivity contribution in [1.29, 1.82) is 0 Å². The third-order valence-corrected chi connectivity index (χ3v) is 1.81. The van der Waals surface area contributed by atoms with Crippen LogP contribution in [-0.2, 0) is 9.53 Å². The number of fused-ring (bicyclic) bond motifs is 1. The van der Waals surface area contributed by atoms with E-state index in [1.54, 1.807) is 0 Å². The summed E-state index contributed by atoms with van der Waals surface area (Å²) >= 11 is 0. The molecule has 1 heterocycles. The Morgan fingerprint density at radius 2 is 2.17 bits per heavy atom. The summed E-state index contributed by atoms with van der Waals surface area (Å²) < 4.78 is 4.85. The van der Waals surface area contributed by atoms with Crippen LogP contribution in [0.5, 0.6) is 0 Å². The van der Waals surface area contributed by atoms with Crippen LogP contribution in [0, 0.1) is 0 Å². The third kappa shape index (κ3) is 1.23. The minimum Gasteiger partial charge on any atom is -0.458 e. The molecule has 0 saturated carbocycles. The largest absolute Gasteiger partial charge is 0.458 e. The molecule has 1 aliphatic heterocycles. The van der Waals surface area contributed by atoms with E-state index in [2.05, 4.69) is 0 Å². The van der Waals surface area contributed by atoms with Crippen LogP contribution in [0.1, 0.15) is 0 Å². The molecule has 0 N–H and O–H groups in total. The third-order valence-electron chi connectivity index (χ3n) is 1.81. The van der Waals surface area contributed by atoms with Gasteiger partial charge in [-0.3, -0.25) is 0 Å². The SMILES string of the molecule is O=C1C=C2C=CC=CC=C2CO1. The minimum absolute atomic E-state index is 0.256. The van der Waals surface area contributed by atoms with E-state index in [9.17, 15) is 4.79 Å². The maximum atomic E-state index is 10.9. The minimum atomic E-state index is -0.256. The topological polar surface area (TPSA) is 26.3 Å². The van der Waals surface area contributed by atoms with Gasteiger partial charge in [0.05, 0.1) is 0 Å². The molecule has 0 saturated heterocycles. The van der Waals surface area contributed by atoms with Gasteiger partial charge in [-0.1, -0.05) is 30.4 Å². The molecule has 0 atom stereocenters. The van der Waals surface area contributed by atoms with E-state index in [1.807, 2.05) is 30.4 Å². The maximum absolute atomic E-state index is 10.9. The van der Waals surface area contributed by atoms with Gasteiger partial charge >= 0.3 is 5.97 Å². The monoisotopic (exact) mass is 160 g/mol. The van der Waals surface area contributed by atoms with E-state index in [4.69, 9.17) is 4.74 Å². The van der Waals surface area contributed by atoms with Gasteiger partial charge in [0, 0.05) is 6.08 Å². The molecule has 2 rings (SSSR count). The molecule has 0 fully saturated rings. The molecule has 0 aromatic rings. The summed E-state index contributed by atoms with van der Waals surface area (Å²) in [6, 6.07) is 0. The van der Waals surface area contributed by atoms with Gasteiger partial charge < -0.3 is 4.74 Å². The molecule has 0 unspecified atom stereocenters. The smallest absolute Gasteiger partial charge is 0.331 e. The van der Waals surface area contributed by atoms with Crippen LogP contribution in [0.15, 0.2) is 47.6 Å². The number of rotatable bonds is 0. The zero-order valence-electron chi connectivity index (χ0n) is 6.49. The summed E-state index contributed by atoms with van der Waals surface area (Å²) in [6.07, 6.45) is 11.2. The van der Waals surface area contributed by atoms with Crippen LogP contribution >= 0.6 is 0 Å². The Hall–Kier alpha value is -1.57. The van der Waals surface area contributed by atoms with Gasteiger partial charge in [0.1, 0.15) is 6.61 Å². The molecule has 0 aromatic carbocycles. The quantitative estimate of drug-likeness (QED) is 0.502. The molecule has 12 heavy (non-hydrogen) atoms. The van der Waals surface area contributed by atoms with Crippen molar-refractivity contribution in [1.82, 2.24) is 0 Å². The number of hydrogen-bond donors (Lipinski definition) is 0. The number of carbonyl (C=O) groups excluding carboxylic acids is 1. The molecule has 0 amide bonds. The lowest BCUT2D eigenvalue weighted by Gasteiger charge is -2.12. The second-order valence-electron chi connectivity index (χ2n) is 2.64. The normalized spacial score (nSPS) is 20.5. The van der Waals surface area contributed by atoms with E-state index in [-0.39, 0.29) is 5.97 Å². The second-order valence-corrected chi connectivity index (χ2v) is 2.64. The lowest BCUT2D eigenvalue weighted by Crippen LogP contribution is -2.12. The fourth-order valence-electron chi connectivity index (χ4n) is 1.19. The predicted molar refractivity (Wildman–Crippen MR) is 45.4 cm³/mol. The lowest BCUT2D eigenvalue weighted by atomic mass is 10.1. The van der Waals surface area contributed by atoms with Crippen molar-refractivity contribution < 1.29 is 9.53 Å². The van der Waals surface area contributed by atoms with Gasteiger partial charge in [-0.15, -0.1) is 0 Å². The average molecular weight is 160 g/mol. The Kier molecular flexibility index (Phi) is 1.67. The van der Waals surface area contributed by atoms with Crippen molar-refractivity contribution in [2.24, 2.45) is 0 Å². The van der Waals surface area contributed by atoms with E-state index in [0.717, 1.165) is 11.1 Å². The van der Waals surface area contributed by atoms with Gasteiger partial charge in [-0.25, -0.2) is 4.79 Å². The highest BCUT2D eigenvalue weighted by atomic mass is 16.5. The standard InChI is InChI=1S/C10H8O2/c11-10-6-8-4-2-1-3-5-9(8)7-12-10/h1-6H,7H2. The zero-order valence-corrected chi connectivity index (χ0v) is 6.49. The molecule has 1 aliphatic carbocycles. The fourth-order valence-corrected chi connectivity index (χ4v) is 1.19. The van der Waals surface area contributed by atoms with E-state index in [0.29, 0.717) is 6.61 Å². The molecule has 0 bridgehead atoms. The highest BCUT2D eigenvalue weighted by Gasteiger charge is 2.13. The van der Waals surface area contributed by atoms with Gasteiger partial charge in [0.25, 0.3) is 0 Å². The van der Waals surface area contributed by atoms with Crippen LogP contribution in [0.2, 0.25) is 0 Å². The summed E-state index contributed by atoms with van der Waals surface area (Å²) in [5.41, 5.74) is 2.01. The summed E-state index contributed by atoms with van der Waals surface area (Å²) in [5, 5.41) is 0. The number of carbonyl (C=O) groups is 1. The van der Waals surface area contributed by atoms with Gasteiger partial charge in [-0.05, 0) is 11.1 Å². The first-order valence-electron chi connectivity index (χ1n) is 3.79. The van der Waals surface area contributed by atoms with Crippen LogP contribution in [0.4, 0.5) is 0 Å². The van der Waals surface area contributed by atoms with Gasteiger partial charge in [-0.2, -0.15) is 0 Å². The van der Waals surface area contributed by atoms with Crippen LogP contribution in [0.3, 0.4) is 0 Å². The average Bonchev–Trinajstić information content (AvgIpc) is 2.28. The summed E-state index contributed by atoms with van der Waals surface area (Å²) in [6.45, 7) is 0.388. The van der Waals surface area contributed by atoms with Crippen molar-refractivity contribution in [3.8, 4) is 0 Å². The van der Waals surface area contributed by atoms with E-state index < -0.39 is 0 Å². The number of allylic oxidation sites excluding steroid dienone is 5. The predicted octanol–water partition coefficient (Wildman–Crippen LogP) is 1.52.